The molecule has 2 aromatic heterocycles. The molecule has 2 aliphatic heterocycles. The third-order valence-corrected chi connectivity index (χ3v) is 12.6. The normalized spacial score (nSPS) is 18.5. The molecule has 0 aliphatic carbocycles. The van der Waals surface area contributed by atoms with E-state index in [2.05, 4.69) is 74.0 Å². The number of methoxy groups -OCH3 is 2. The van der Waals surface area contributed by atoms with Crippen molar-refractivity contribution < 1.29 is 28.7 Å². The van der Waals surface area contributed by atoms with Gasteiger partial charge in [0.1, 0.15) is 23.7 Å². The Kier molecular flexibility index (Phi) is 13.4. The van der Waals surface area contributed by atoms with Gasteiger partial charge in [0, 0.05) is 31.9 Å². The Labute approximate surface area is 356 Å². The molecule has 4 N–H and O–H groups in total. The molecule has 2 saturated heterocycles. The maximum absolute atomic E-state index is 13.9. The smallest absolute Gasteiger partial charge is 0.407 e. The number of rotatable bonds is 15. The molecule has 324 valence electrons. The fraction of sp³-hybridized carbons (Fsp3) is 0.478. The third kappa shape index (κ3) is 9.45. The fourth-order valence-corrected chi connectivity index (χ4v) is 8.70. The van der Waals surface area contributed by atoms with Crippen molar-refractivity contribution in [2.24, 2.45) is 11.8 Å². The number of nitrogens with one attached hydrogen (secondary N) is 4. The second-order valence-electron chi connectivity index (χ2n) is 16.5. The van der Waals surface area contributed by atoms with E-state index < -0.39 is 24.3 Å². The second-order valence-corrected chi connectivity index (χ2v) is 16.5. The largest absolute Gasteiger partial charge is 0.453 e. The van der Waals surface area contributed by atoms with Crippen LogP contribution in [0.4, 0.5) is 15.3 Å². The van der Waals surface area contributed by atoms with Crippen molar-refractivity contribution in [3.8, 4) is 0 Å². The first-order valence-electron chi connectivity index (χ1n) is 21.6. The predicted octanol–water partition coefficient (Wildman–Crippen LogP) is 7.51. The van der Waals surface area contributed by atoms with Crippen molar-refractivity contribution in [3.05, 3.63) is 89.5 Å². The number of nitrogens with zero attached hydrogens (tertiary/aromatic N) is 5. The highest BCUT2D eigenvalue weighted by Gasteiger charge is 2.39. The number of benzene rings is 3. The average molecular weight is 834 g/mol. The van der Waals surface area contributed by atoms with Crippen LogP contribution in [0.15, 0.2) is 66.7 Å². The molecule has 0 bridgehead atoms. The first-order chi connectivity index (χ1) is 29.5. The van der Waals surface area contributed by atoms with E-state index in [9.17, 15) is 19.2 Å². The van der Waals surface area contributed by atoms with Gasteiger partial charge in [-0.3, -0.25) is 9.59 Å². The van der Waals surface area contributed by atoms with Crippen molar-refractivity contribution in [2.45, 2.75) is 103 Å². The number of fused-ring (bicyclic) bond motifs is 2. The molecular formula is C46H59N9O6. The van der Waals surface area contributed by atoms with Crippen LogP contribution >= 0.6 is 0 Å². The number of H-pyrrole nitrogens is 2. The number of aromatic nitrogens is 4. The summed E-state index contributed by atoms with van der Waals surface area (Å²) in [5, 5.41) is 5.54. The van der Waals surface area contributed by atoms with Crippen molar-refractivity contribution in [1.82, 2.24) is 40.4 Å². The van der Waals surface area contributed by atoms with Gasteiger partial charge in [0.05, 0.1) is 48.4 Å². The van der Waals surface area contributed by atoms with Gasteiger partial charge in [-0.1, -0.05) is 70.9 Å². The number of hydrogen-bond acceptors (Lipinski definition) is 9. The highest BCUT2D eigenvalue weighted by molar-refractivity contribution is 5.87. The van der Waals surface area contributed by atoms with Gasteiger partial charge >= 0.3 is 12.2 Å². The zero-order valence-electron chi connectivity index (χ0n) is 36.1. The summed E-state index contributed by atoms with van der Waals surface area (Å²) in [5.74, 6) is 1.10. The van der Waals surface area contributed by atoms with Gasteiger partial charge in [-0.05, 0) is 85.0 Å². The van der Waals surface area contributed by atoms with Crippen molar-refractivity contribution in [2.75, 3.05) is 32.2 Å². The maximum Gasteiger partial charge on any atom is 0.407 e. The second kappa shape index (κ2) is 19.1. The lowest BCUT2D eigenvalue weighted by Crippen LogP contribution is -2.51. The van der Waals surface area contributed by atoms with Gasteiger partial charge in [0.2, 0.25) is 11.8 Å². The lowest BCUT2D eigenvalue weighted by molar-refractivity contribution is -0.136. The minimum Gasteiger partial charge on any atom is -0.453 e. The predicted molar refractivity (Wildman–Crippen MR) is 233 cm³/mol. The summed E-state index contributed by atoms with van der Waals surface area (Å²) in [6.45, 7) is 10.3. The zero-order valence-corrected chi connectivity index (χ0v) is 36.1. The van der Waals surface area contributed by atoms with Crippen LogP contribution in [0.2, 0.25) is 0 Å². The number of ether oxygens (including phenoxy) is 2. The number of hydrogen-bond donors (Lipinski definition) is 4. The zero-order chi connectivity index (χ0) is 43.2. The minimum absolute atomic E-state index is 0.0656. The summed E-state index contributed by atoms with van der Waals surface area (Å²) in [5.41, 5.74) is 6.68. The number of alkyl carbamates (subject to hydrolysis) is 2. The van der Waals surface area contributed by atoms with E-state index in [0.717, 1.165) is 89.1 Å². The molecule has 2 fully saturated rings. The van der Waals surface area contributed by atoms with Crippen LogP contribution in [0.1, 0.15) is 101 Å². The van der Waals surface area contributed by atoms with Gasteiger partial charge in [0.15, 0.2) is 0 Å². The molecule has 5 aromatic rings. The Balaban J connectivity index is 1.09. The molecule has 4 heterocycles. The van der Waals surface area contributed by atoms with Crippen LogP contribution in [0.5, 0.6) is 0 Å². The van der Waals surface area contributed by atoms with Gasteiger partial charge in [0.25, 0.3) is 0 Å². The third-order valence-electron chi connectivity index (χ3n) is 12.6. The molecule has 2 aliphatic rings. The number of anilines is 1. The summed E-state index contributed by atoms with van der Waals surface area (Å²) in [7, 11) is 2.61. The lowest BCUT2D eigenvalue weighted by Gasteiger charge is -2.30. The van der Waals surface area contributed by atoms with Gasteiger partial charge in [-0.15, -0.1) is 0 Å². The molecule has 0 unspecified atom stereocenters. The summed E-state index contributed by atoms with van der Waals surface area (Å²) in [6.07, 6.45) is 3.46. The summed E-state index contributed by atoms with van der Waals surface area (Å²) in [4.78, 5) is 75.2. The number of carbonyl (C=O) groups excluding carboxylic acids is 4. The molecule has 15 nitrogen and oxygen atoms in total. The number of carbonyl (C=O) groups is 4. The standard InChI is InChI=1S/C46H59N9O6/c1-7-28(3)39(51-45(58)60-5)43(56)54-22-12-16-37(54)41-47-33-20-18-30(24-35(33)49-41)26-53(32-14-10-9-11-15-32)27-31-19-21-34-36(25-31)50-42(48-34)38-17-13-23-55(38)44(57)40(29(4)8-2)52-46(59)61-6/h9-11,14-15,18-21,24-25,28-29,37-40H,7-8,12-13,16-17,22-23,26-27H2,1-6H3,(H,47,49)(H,48,50)(H,51,58)(H,52,59)/t28-,29-,37-,38-,39-,40-/m0/s1. The fourth-order valence-electron chi connectivity index (χ4n) is 8.70. The molecular weight excluding hydrogens is 775 g/mol. The van der Waals surface area contributed by atoms with Gasteiger partial charge < -0.3 is 44.8 Å². The van der Waals surface area contributed by atoms with Crippen LogP contribution < -0.4 is 15.5 Å². The lowest BCUT2D eigenvalue weighted by atomic mass is 9.97. The first-order valence-corrected chi connectivity index (χ1v) is 21.6. The topological polar surface area (TPSA) is 178 Å². The van der Waals surface area contributed by atoms with E-state index in [-0.39, 0.29) is 35.7 Å². The van der Waals surface area contributed by atoms with Crippen molar-refractivity contribution >= 4 is 51.8 Å². The van der Waals surface area contributed by atoms with Gasteiger partial charge in [-0.2, -0.15) is 0 Å². The molecule has 7 rings (SSSR count). The van der Waals surface area contributed by atoms with E-state index in [1.54, 1.807) is 0 Å². The maximum atomic E-state index is 13.9. The SMILES string of the molecule is CC[C@H](C)[C@H](NC(=O)OC)C(=O)N1CCC[C@H]1c1nc2cc(CN(Cc3ccc4[nH]c([C@@H]5CCCN5C(=O)[C@@H](NC(=O)OC)[C@@H](C)CC)nc4c3)c3ccccc3)ccc2[nH]1. The summed E-state index contributed by atoms with van der Waals surface area (Å²) >= 11 is 0. The monoisotopic (exact) mass is 833 g/mol. The van der Waals surface area contributed by atoms with E-state index in [0.29, 0.717) is 26.2 Å². The van der Waals surface area contributed by atoms with Crippen LogP contribution in [0.3, 0.4) is 0 Å². The van der Waals surface area contributed by atoms with E-state index >= 15 is 0 Å². The van der Waals surface area contributed by atoms with E-state index in [4.69, 9.17) is 19.4 Å². The van der Waals surface area contributed by atoms with Crippen molar-refractivity contribution in [1.29, 1.82) is 0 Å². The Bertz CT molecular complexity index is 2190. The number of likely N-dealkylation sites (tertiary alicyclic amines) is 2. The van der Waals surface area contributed by atoms with Gasteiger partial charge in [-0.25, -0.2) is 19.6 Å². The van der Waals surface area contributed by atoms with Crippen LogP contribution in [-0.2, 0) is 32.2 Å². The summed E-state index contributed by atoms with van der Waals surface area (Å²) < 4.78 is 9.68. The Morgan fingerprint density at radius 1 is 0.705 bits per heavy atom. The molecule has 0 radical (unpaired) electrons. The highest BCUT2D eigenvalue weighted by Crippen LogP contribution is 2.35. The molecule has 0 saturated carbocycles. The van der Waals surface area contributed by atoms with Crippen molar-refractivity contribution in [3.63, 3.8) is 0 Å². The molecule has 4 amide bonds. The quantitative estimate of drug-likeness (QED) is 0.0831. The summed E-state index contributed by atoms with van der Waals surface area (Å²) in [6, 6.07) is 21.0. The average Bonchev–Trinajstić information content (AvgIpc) is 4.12. The Hall–Kier alpha value is -6.12. The molecule has 61 heavy (non-hydrogen) atoms. The molecule has 3 aromatic carbocycles. The minimum atomic E-state index is -0.687. The number of para-hydroxylation sites is 1. The van der Waals surface area contributed by atoms with Crippen LogP contribution in [0.25, 0.3) is 22.1 Å². The van der Waals surface area contributed by atoms with E-state index in [1.807, 2.05) is 55.7 Å². The number of aromatic amines is 2. The number of amides is 4. The Morgan fingerprint density at radius 2 is 1.15 bits per heavy atom. The first kappa shape index (κ1) is 43.0. The molecule has 0 spiro atoms. The van der Waals surface area contributed by atoms with Crippen LogP contribution in [-0.4, -0.2) is 93.1 Å². The van der Waals surface area contributed by atoms with E-state index in [1.165, 1.54) is 14.2 Å². The molecule has 6 atom stereocenters. The van der Waals surface area contributed by atoms with Crippen LogP contribution in [0, 0.1) is 11.8 Å². The number of imidazole rings is 2. The highest BCUT2D eigenvalue weighted by atomic mass is 16.5. The molecule has 15 heteroatoms. The Morgan fingerprint density at radius 3 is 1.56 bits per heavy atom.